The van der Waals surface area contributed by atoms with E-state index in [2.05, 4.69) is 5.32 Å². The molecule has 114 valence electrons. The van der Waals surface area contributed by atoms with Crippen molar-refractivity contribution in [3.05, 3.63) is 64.2 Å². The van der Waals surface area contributed by atoms with Crippen molar-refractivity contribution in [3.8, 4) is 0 Å². The number of rotatable bonds is 3. The standard InChI is InChI=1S/C18H19ClN2O/c19-14-6-4-12(5-7-14)10-18(22)21-17-3-1-2-13-11-15(20)8-9-16(13)17/h4-9,11,17H,1-3,10,20H2,(H,21,22). The third-order valence-corrected chi connectivity index (χ3v) is 4.35. The lowest BCUT2D eigenvalue weighted by molar-refractivity contribution is -0.121. The number of nitrogens with one attached hydrogen (secondary N) is 1. The summed E-state index contributed by atoms with van der Waals surface area (Å²) in [5.41, 5.74) is 10.0. The summed E-state index contributed by atoms with van der Waals surface area (Å²) < 4.78 is 0. The molecule has 0 fully saturated rings. The molecule has 3 nitrogen and oxygen atoms in total. The van der Waals surface area contributed by atoms with Crippen molar-refractivity contribution in [2.75, 3.05) is 5.73 Å². The second-order valence-electron chi connectivity index (χ2n) is 5.77. The molecule has 0 bridgehead atoms. The second kappa shape index (κ2) is 6.41. The van der Waals surface area contributed by atoms with Gasteiger partial charge in [0.25, 0.3) is 0 Å². The number of anilines is 1. The van der Waals surface area contributed by atoms with Crippen LogP contribution in [-0.2, 0) is 17.6 Å². The number of amides is 1. The van der Waals surface area contributed by atoms with E-state index in [0.717, 1.165) is 30.5 Å². The number of aryl methyl sites for hydroxylation is 1. The zero-order valence-corrected chi connectivity index (χ0v) is 13.1. The first-order valence-corrected chi connectivity index (χ1v) is 7.92. The fourth-order valence-corrected chi connectivity index (χ4v) is 3.14. The lowest BCUT2D eigenvalue weighted by Crippen LogP contribution is -2.32. The van der Waals surface area contributed by atoms with Gasteiger partial charge in [0.1, 0.15) is 0 Å². The smallest absolute Gasteiger partial charge is 0.224 e. The molecule has 0 heterocycles. The van der Waals surface area contributed by atoms with Crippen molar-refractivity contribution >= 4 is 23.2 Å². The summed E-state index contributed by atoms with van der Waals surface area (Å²) in [6, 6.07) is 13.4. The zero-order valence-electron chi connectivity index (χ0n) is 12.3. The number of carbonyl (C=O) groups excluding carboxylic acids is 1. The molecule has 0 saturated heterocycles. The van der Waals surface area contributed by atoms with Crippen LogP contribution in [-0.4, -0.2) is 5.91 Å². The van der Waals surface area contributed by atoms with Gasteiger partial charge >= 0.3 is 0 Å². The molecule has 3 N–H and O–H groups in total. The molecule has 0 radical (unpaired) electrons. The van der Waals surface area contributed by atoms with E-state index in [9.17, 15) is 4.79 Å². The van der Waals surface area contributed by atoms with Gasteiger partial charge in [0.15, 0.2) is 0 Å². The first-order valence-electron chi connectivity index (χ1n) is 7.54. The molecule has 2 aromatic carbocycles. The van der Waals surface area contributed by atoms with Gasteiger partial charge in [-0.2, -0.15) is 0 Å². The van der Waals surface area contributed by atoms with Gasteiger partial charge in [0.05, 0.1) is 12.5 Å². The van der Waals surface area contributed by atoms with Crippen LogP contribution >= 0.6 is 11.6 Å². The van der Waals surface area contributed by atoms with E-state index in [1.165, 1.54) is 11.1 Å². The van der Waals surface area contributed by atoms with Gasteiger partial charge in [-0.05, 0) is 60.2 Å². The van der Waals surface area contributed by atoms with Crippen LogP contribution in [0.4, 0.5) is 5.69 Å². The van der Waals surface area contributed by atoms with Gasteiger partial charge in [-0.25, -0.2) is 0 Å². The molecular formula is C18H19ClN2O. The first-order chi connectivity index (χ1) is 10.6. The van der Waals surface area contributed by atoms with Crippen LogP contribution in [0.25, 0.3) is 0 Å². The van der Waals surface area contributed by atoms with E-state index in [0.29, 0.717) is 11.4 Å². The quantitative estimate of drug-likeness (QED) is 0.849. The molecule has 22 heavy (non-hydrogen) atoms. The van der Waals surface area contributed by atoms with Crippen LogP contribution < -0.4 is 11.1 Å². The summed E-state index contributed by atoms with van der Waals surface area (Å²) in [6.45, 7) is 0. The molecule has 4 heteroatoms. The number of halogens is 1. The minimum atomic E-state index is 0.0389. The van der Waals surface area contributed by atoms with Gasteiger partial charge in [-0.1, -0.05) is 29.8 Å². The molecular weight excluding hydrogens is 296 g/mol. The van der Waals surface area contributed by atoms with E-state index in [1.807, 2.05) is 42.5 Å². The molecule has 1 unspecified atom stereocenters. The Labute approximate surface area is 135 Å². The summed E-state index contributed by atoms with van der Waals surface area (Å²) in [6.07, 6.45) is 3.45. The van der Waals surface area contributed by atoms with E-state index in [-0.39, 0.29) is 11.9 Å². The zero-order chi connectivity index (χ0) is 15.5. The molecule has 1 aliphatic rings. The van der Waals surface area contributed by atoms with Crippen LogP contribution in [0.2, 0.25) is 5.02 Å². The number of nitrogen functional groups attached to an aromatic ring is 1. The molecule has 0 spiro atoms. The highest BCUT2D eigenvalue weighted by Gasteiger charge is 2.21. The number of fused-ring (bicyclic) bond motifs is 1. The third kappa shape index (κ3) is 3.42. The van der Waals surface area contributed by atoms with Gasteiger partial charge in [0, 0.05) is 10.7 Å². The van der Waals surface area contributed by atoms with Crippen molar-refractivity contribution in [1.29, 1.82) is 0 Å². The van der Waals surface area contributed by atoms with E-state index >= 15 is 0 Å². The number of hydrogen-bond acceptors (Lipinski definition) is 2. The van der Waals surface area contributed by atoms with Crippen molar-refractivity contribution in [2.45, 2.75) is 31.7 Å². The monoisotopic (exact) mass is 314 g/mol. The number of carbonyl (C=O) groups is 1. The van der Waals surface area contributed by atoms with Gasteiger partial charge in [-0.15, -0.1) is 0 Å². The first kappa shape index (κ1) is 14.9. The maximum atomic E-state index is 12.3. The summed E-state index contributed by atoms with van der Waals surface area (Å²) >= 11 is 5.86. The predicted molar refractivity (Wildman–Crippen MR) is 89.8 cm³/mol. The Hall–Kier alpha value is -2.00. The maximum absolute atomic E-state index is 12.3. The fourth-order valence-electron chi connectivity index (χ4n) is 3.02. The highest BCUT2D eigenvalue weighted by atomic mass is 35.5. The number of nitrogens with two attached hydrogens (primary N) is 1. The number of benzene rings is 2. The molecule has 0 saturated carbocycles. The Bertz CT molecular complexity index is 682. The minimum absolute atomic E-state index is 0.0389. The normalized spacial score (nSPS) is 16.9. The topological polar surface area (TPSA) is 55.1 Å². The van der Waals surface area contributed by atoms with Crippen molar-refractivity contribution < 1.29 is 4.79 Å². The summed E-state index contributed by atoms with van der Waals surface area (Å²) in [4.78, 5) is 12.3. The summed E-state index contributed by atoms with van der Waals surface area (Å²) in [7, 11) is 0. The SMILES string of the molecule is Nc1ccc2c(c1)CCCC2NC(=O)Cc1ccc(Cl)cc1. The minimum Gasteiger partial charge on any atom is -0.399 e. The van der Waals surface area contributed by atoms with Crippen LogP contribution in [0.3, 0.4) is 0 Å². The lowest BCUT2D eigenvalue weighted by Gasteiger charge is -2.26. The predicted octanol–water partition coefficient (Wildman–Crippen LogP) is 3.66. The Morgan fingerprint density at radius 2 is 2.00 bits per heavy atom. The van der Waals surface area contributed by atoms with Crippen LogP contribution in [0, 0.1) is 0 Å². The van der Waals surface area contributed by atoms with Gasteiger partial charge in [-0.3, -0.25) is 4.79 Å². The average Bonchev–Trinajstić information content (AvgIpc) is 2.49. The van der Waals surface area contributed by atoms with Crippen molar-refractivity contribution in [2.24, 2.45) is 0 Å². The molecule has 1 aliphatic carbocycles. The highest BCUT2D eigenvalue weighted by Crippen LogP contribution is 2.31. The van der Waals surface area contributed by atoms with E-state index in [1.54, 1.807) is 0 Å². The summed E-state index contributed by atoms with van der Waals surface area (Å²) in [5, 5.41) is 3.83. The van der Waals surface area contributed by atoms with Crippen molar-refractivity contribution in [3.63, 3.8) is 0 Å². The second-order valence-corrected chi connectivity index (χ2v) is 6.21. The lowest BCUT2D eigenvalue weighted by atomic mass is 9.87. The van der Waals surface area contributed by atoms with Crippen LogP contribution in [0.1, 0.15) is 35.6 Å². The third-order valence-electron chi connectivity index (χ3n) is 4.09. The Kier molecular flexibility index (Phi) is 4.34. The number of hydrogen-bond donors (Lipinski definition) is 2. The Morgan fingerprint density at radius 3 is 2.77 bits per heavy atom. The molecule has 2 aromatic rings. The van der Waals surface area contributed by atoms with E-state index in [4.69, 9.17) is 17.3 Å². The van der Waals surface area contributed by atoms with Gasteiger partial charge < -0.3 is 11.1 Å². The highest BCUT2D eigenvalue weighted by molar-refractivity contribution is 6.30. The maximum Gasteiger partial charge on any atom is 0.224 e. The fraction of sp³-hybridized carbons (Fsp3) is 0.278. The Balaban J connectivity index is 1.69. The van der Waals surface area contributed by atoms with Gasteiger partial charge in [0.2, 0.25) is 5.91 Å². The average molecular weight is 315 g/mol. The molecule has 1 atom stereocenters. The van der Waals surface area contributed by atoms with Crippen LogP contribution in [0.15, 0.2) is 42.5 Å². The van der Waals surface area contributed by atoms with Crippen molar-refractivity contribution in [1.82, 2.24) is 5.32 Å². The van der Waals surface area contributed by atoms with E-state index < -0.39 is 0 Å². The Morgan fingerprint density at radius 1 is 1.23 bits per heavy atom. The molecule has 3 rings (SSSR count). The molecule has 1 amide bonds. The largest absolute Gasteiger partial charge is 0.399 e. The molecule has 0 aromatic heterocycles. The van der Waals surface area contributed by atoms with Crippen LogP contribution in [0.5, 0.6) is 0 Å². The summed E-state index contributed by atoms with van der Waals surface area (Å²) in [5.74, 6) is 0.0389. The molecule has 0 aliphatic heterocycles.